The Morgan fingerprint density at radius 2 is 1.14 bits per heavy atom. The van der Waals surface area contributed by atoms with Crippen molar-refractivity contribution >= 4 is 54.5 Å². The van der Waals surface area contributed by atoms with Crippen LogP contribution in [0.25, 0.3) is 82.5 Å². The highest BCUT2D eigenvalue weighted by molar-refractivity contribution is 6.20. The van der Waals surface area contributed by atoms with Crippen LogP contribution in [0.15, 0.2) is 144 Å². The molecule has 2 aromatic heterocycles. The lowest BCUT2D eigenvalue weighted by Crippen LogP contribution is -2.01. The van der Waals surface area contributed by atoms with Gasteiger partial charge in [-0.15, -0.1) is 0 Å². The van der Waals surface area contributed by atoms with Crippen LogP contribution in [0.4, 0.5) is 0 Å². The SMILES string of the molecule is Cc1nc2ccccc2n1-c1c2ccccc2c(-c2ccc3oc4ccccc4c3c2)c2cc(-c3ccccc3)ccc12. The molecule has 0 amide bonds. The molecular weight excluding hydrogens is 524 g/mol. The van der Waals surface area contributed by atoms with Gasteiger partial charge >= 0.3 is 0 Å². The molecule has 0 aliphatic rings. The van der Waals surface area contributed by atoms with Crippen LogP contribution in [-0.4, -0.2) is 9.55 Å². The molecule has 0 spiro atoms. The quantitative estimate of drug-likeness (QED) is 0.205. The maximum Gasteiger partial charge on any atom is 0.135 e. The standard InChI is InChI=1S/C40H26N2O/c1-25-41-35-16-8-9-17-36(35)42(25)40-31-15-6-5-14-30(31)39(34-23-27(19-21-32(34)40)26-11-3-2-4-12-26)28-20-22-38-33(24-28)29-13-7-10-18-37(29)43-38/h2-24H,1H3. The first kappa shape index (κ1) is 24.0. The first-order valence-electron chi connectivity index (χ1n) is 14.6. The minimum Gasteiger partial charge on any atom is -0.456 e. The second kappa shape index (κ2) is 9.17. The van der Waals surface area contributed by atoms with Crippen LogP contribution >= 0.6 is 0 Å². The topological polar surface area (TPSA) is 31.0 Å². The second-order valence-electron chi connectivity index (χ2n) is 11.2. The maximum absolute atomic E-state index is 6.21. The molecule has 7 aromatic carbocycles. The van der Waals surface area contributed by atoms with Crippen molar-refractivity contribution in [2.75, 3.05) is 0 Å². The van der Waals surface area contributed by atoms with Crippen LogP contribution in [0.3, 0.4) is 0 Å². The largest absolute Gasteiger partial charge is 0.456 e. The normalized spacial score (nSPS) is 11.8. The molecule has 0 bridgehead atoms. The summed E-state index contributed by atoms with van der Waals surface area (Å²) in [7, 11) is 0. The summed E-state index contributed by atoms with van der Waals surface area (Å²) in [6.07, 6.45) is 0. The third kappa shape index (κ3) is 3.58. The van der Waals surface area contributed by atoms with Crippen LogP contribution in [0.2, 0.25) is 0 Å². The van der Waals surface area contributed by atoms with Gasteiger partial charge in [0.2, 0.25) is 0 Å². The monoisotopic (exact) mass is 550 g/mol. The van der Waals surface area contributed by atoms with Crippen molar-refractivity contribution in [2.45, 2.75) is 6.92 Å². The van der Waals surface area contributed by atoms with E-state index in [0.717, 1.165) is 44.5 Å². The molecule has 202 valence electrons. The molecule has 3 nitrogen and oxygen atoms in total. The van der Waals surface area contributed by atoms with Crippen LogP contribution in [0, 0.1) is 6.92 Å². The number of nitrogens with zero attached hydrogens (tertiary/aromatic N) is 2. The molecule has 0 atom stereocenters. The Hall–Kier alpha value is -5.67. The van der Waals surface area contributed by atoms with E-state index < -0.39 is 0 Å². The number of aromatic nitrogens is 2. The number of fused-ring (bicyclic) bond motifs is 6. The average molecular weight is 551 g/mol. The van der Waals surface area contributed by atoms with E-state index in [1.165, 1.54) is 43.8 Å². The molecule has 0 aliphatic heterocycles. The molecule has 43 heavy (non-hydrogen) atoms. The van der Waals surface area contributed by atoms with Gasteiger partial charge in [-0.25, -0.2) is 4.98 Å². The van der Waals surface area contributed by atoms with Crippen LogP contribution in [0.5, 0.6) is 0 Å². The van der Waals surface area contributed by atoms with Gasteiger partial charge < -0.3 is 4.42 Å². The highest BCUT2D eigenvalue weighted by Gasteiger charge is 2.21. The average Bonchev–Trinajstić information content (AvgIpc) is 3.60. The number of para-hydroxylation sites is 3. The lowest BCUT2D eigenvalue weighted by atomic mass is 9.88. The van der Waals surface area contributed by atoms with Gasteiger partial charge in [-0.1, -0.05) is 103 Å². The smallest absolute Gasteiger partial charge is 0.135 e. The van der Waals surface area contributed by atoms with Gasteiger partial charge in [-0.2, -0.15) is 0 Å². The third-order valence-corrected chi connectivity index (χ3v) is 8.72. The summed E-state index contributed by atoms with van der Waals surface area (Å²) in [4.78, 5) is 4.96. The minimum absolute atomic E-state index is 0.903. The summed E-state index contributed by atoms with van der Waals surface area (Å²) in [5.41, 5.74) is 9.87. The Morgan fingerprint density at radius 1 is 0.488 bits per heavy atom. The van der Waals surface area contributed by atoms with Gasteiger partial charge in [0, 0.05) is 21.5 Å². The predicted molar refractivity (Wildman–Crippen MR) is 179 cm³/mol. The molecular formula is C40H26N2O. The summed E-state index contributed by atoms with van der Waals surface area (Å²) in [5, 5.41) is 7.07. The molecule has 0 saturated heterocycles. The number of hydrogen-bond acceptors (Lipinski definition) is 2. The fourth-order valence-corrected chi connectivity index (χ4v) is 6.83. The van der Waals surface area contributed by atoms with Crippen molar-refractivity contribution in [3.8, 4) is 27.9 Å². The molecule has 9 aromatic rings. The Kier molecular flexibility index (Phi) is 5.11. The zero-order valence-corrected chi connectivity index (χ0v) is 23.6. The highest BCUT2D eigenvalue weighted by atomic mass is 16.3. The summed E-state index contributed by atoms with van der Waals surface area (Å²) in [6.45, 7) is 2.10. The van der Waals surface area contributed by atoms with Gasteiger partial charge in [0.05, 0.1) is 16.7 Å². The second-order valence-corrected chi connectivity index (χ2v) is 11.2. The van der Waals surface area contributed by atoms with Gasteiger partial charge in [0.25, 0.3) is 0 Å². The Labute approximate surface area is 248 Å². The Morgan fingerprint density at radius 3 is 2.02 bits per heavy atom. The molecule has 0 N–H and O–H groups in total. The number of imidazole rings is 1. The van der Waals surface area contributed by atoms with Crippen LogP contribution < -0.4 is 0 Å². The molecule has 0 radical (unpaired) electrons. The van der Waals surface area contributed by atoms with Gasteiger partial charge in [-0.05, 0) is 76.3 Å². The number of rotatable bonds is 3. The fourth-order valence-electron chi connectivity index (χ4n) is 6.83. The predicted octanol–water partition coefficient (Wildman–Crippen LogP) is 10.9. The maximum atomic E-state index is 6.21. The summed E-state index contributed by atoms with van der Waals surface area (Å²) >= 11 is 0. The summed E-state index contributed by atoms with van der Waals surface area (Å²) in [5.74, 6) is 0.971. The Balaban J connectivity index is 1.45. The van der Waals surface area contributed by atoms with E-state index in [-0.39, 0.29) is 0 Å². The van der Waals surface area contributed by atoms with Gasteiger partial charge in [0.15, 0.2) is 0 Å². The van der Waals surface area contributed by atoms with E-state index in [0.29, 0.717) is 0 Å². The molecule has 3 heteroatoms. The van der Waals surface area contributed by atoms with E-state index in [9.17, 15) is 0 Å². The summed E-state index contributed by atoms with van der Waals surface area (Å²) < 4.78 is 8.54. The number of aryl methyl sites for hydroxylation is 1. The summed E-state index contributed by atoms with van der Waals surface area (Å²) in [6, 6.07) is 49.7. The minimum atomic E-state index is 0.903. The molecule has 0 fully saturated rings. The first-order valence-corrected chi connectivity index (χ1v) is 14.6. The first-order chi connectivity index (χ1) is 21.2. The van der Waals surface area contributed by atoms with Crippen LogP contribution in [-0.2, 0) is 0 Å². The highest BCUT2D eigenvalue weighted by Crippen LogP contribution is 2.44. The van der Waals surface area contributed by atoms with Crippen molar-refractivity contribution in [3.63, 3.8) is 0 Å². The van der Waals surface area contributed by atoms with Crippen LogP contribution in [0.1, 0.15) is 5.82 Å². The Bertz CT molecular complexity index is 2520. The van der Waals surface area contributed by atoms with Gasteiger partial charge in [-0.3, -0.25) is 4.57 Å². The molecule has 0 aliphatic carbocycles. The van der Waals surface area contributed by atoms with E-state index in [1.54, 1.807) is 0 Å². The van der Waals surface area contributed by atoms with E-state index in [1.807, 2.05) is 12.1 Å². The zero-order valence-electron chi connectivity index (χ0n) is 23.6. The van der Waals surface area contributed by atoms with E-state index in [2.05, 4.69) is 139 Å². The van der Waals surface area contributed by atoms with Crippen molar-refractivity contribution in [1.29, 1.82) is 0 Å². The van der Waals surface area contributed by atoms with Crippen molar-refractivity contribution in [2.24, 2.45) is 0 Å². The molecule has 0 saturated carbocycles. The lowest BCUT2D eigenvalue weighted by Gasteiger charge is -2.20. The molecule has 2 heterocycles. The van der Waals surface area contributed by atoms with Crippen molar-refractivity contribution in [1.82, 2.24) is 9.55 Å². The lowest BCUT2D eigenvalue weighted by molar-refractivity contribution is 0.669. The number of benzene rings is 7. The van der Waals surface area contributed by atoms with E-state index >= 15 is 0 Å². The van der Waals surface area contributed by atoms with E-state index in [4.69, 9.17) is 9.40 Å². The molecule has 9 rings (SSSR count). The van der Waals surface area contributed by atoms with Crippen molar-refractivity contribution < 1.29 is 4.42 Å². The number of furan rings is 1. The number of hydrogen-bond donors (Lipinski definition) is 0. The zero-order chi connectivity index (χ0) is 28.5. The van der Waals surface area contributed by atoms with Gasteiger partial charge in [0.1, 0.15) is 17.0 Å². The molecule has 0 unspecified atom stereocenters. The fraction of sp³-hybridized carbons (Fsp3) is 0.0250. The third-order valence-electron chi connectivity index (χ3n) is 8.72. The van der Waals surface area contributed by atoms with Crippen molar-refractivity contribution in [3.05, 3.63) is 145 Å².